The second kappa shape index (κ2) is 32.3. The molecule has 6 nitrogen and oxygen atoms in total. The fraction of sp³-hybridized carbons (Fsp3) is 0.0244. The standard InChI is InChI=1S/C52H32N2S.C36H24N2S.C35H22N2S/c1-4-14-33(15-5-1)37-29-44(35-18-8-3-9-19-35)51-47(31-37)48-32-38(34-16-6-2-7-17-34)30-46(52(48)55-51)40-21-11-10-20-39(40)36-24-25-43-45(28-36)41-22-12-13-23-42(41)49-50(43)54-27-26-53-49;1-21-11-14-33-30(17-21)32-19-22(2)18-31(36(32)39-33)25-8-4-3-7-24(25)23-12-13-28-29(20-23)26-9-5-6-10-27(26)34-35(28)38-16-15-37-34;1-21-8-6-13-29-30-15-7-14-28(35(30)38-34(21)29)24-10-3-2-9-23(24)22-16-17-27-31(20-22)25-11-4-5-12-26(25)32-33(27)37-19-18-36-32/h1-32H;3-20H,1-2H3;2-20H,1H3. The van der Waals surface area contributed by atoms with Gasteiger partial charge in [-0.2, -0.15) is 0 Å². The Morgan fingerprint density at radius 1 is 0.152 bits per heavy atom. The van der Waals surface area contributed by atoms with Crippen LogP contribution in [0.4, 0.5) is 0 Å². The van der Waals surface area contributed by atoms with Gasteiger partial charge in [-0.25, -0.2) is 0 Å². The van der Waals surface area contributed by atoms with Gasteiger partial charge in [0.1, 0.15) is 0 Å². The third-order valence-electron chi connectivity index (χ3n) is 26.5. The highest BCUT2D eigenvalue weighted by Crippen LogP contribution is 2.53. The molecule has 27 aromatic rings. The number of hydrogen-bond acceptors (Lipinski definition) is 9. The number of thiophene rings is 3. The first kappa shape index (κ1) is 78.1. The number of aryl methyl sites for hydroxylation is 3. The highest BCUT2D eigenvalue weighted by molar-refractivity contribution is 7.27. The van der Waals surface area contributed by atoms with Gasteiger partial charge < -0.3 is 0 Å². The Hall–Kier alpha value is -16.1. The second-order valence-electron chi connectivity index (χ2n) is 34.3. The molecule has 0 saturated carbocycles. The van der Waals surface area contributed by atoms with E-state index in [2.05, 4.69) is 408 Å². The number of rotatable bonds is 9. The molecular weight excluding hydrogens is 1660 g/mol. The Labute approximate surface area is 773 Å². The van der Waals surface area contributed by atoms with Crippen molar-refractivity contribution in [3.8, 4) is 100 Å². The fourth-order valence-electron chi connectivity index (χ4n) is 20.4. The minimum absolute atomic E-state index is 0.933. The molecule has 6 heterocycles. The molecule has 0 atom stereocenters. The van der Waals surface area contributed by atoms with Crippen molar-refractivity contribution < 1.29 is 0 Å². The van der Waals surface area contributed by atoms with Crippen molar-refractivity contribution in [1.29, 1.82) is 0 Å². The van der Waals surface area contributed by atoms with Gasteiger partial charge in [0.25, 0.3) is 0 Å². The molecule has 132 heavy (non-hydrogen) atoms. The average molecular weight is 1740 g/mol. The van der Waals surface area contributed by atoms with Gasteiger partial charge in [-0.05, 0) is 209 Å². The lowest BCUT2D eigenvalue weighted by atomic mass is 9.89. The normalized spacial score (nSPS) is 11.8. The Morgan fingerprint density at radius 2 is 0.462 bits per heavy atom. The number of nitrogens with zero attached hydrogens (tertiary/aromatic N) is 6. The molecule has 0 aliphatic rings. The highest BCUT2D eigenvalue weighted by atomic mass is 32.1. The van der Waals surface area contributed by atoms with Crippen molar-refractivity contribution >= 4 is 192 Å². The first-order valence-electron chi connectivity index (χ1n) is 44.7. The summed E-state index contributed by atoms with van der Waals surface area (Å²) in [6, 6.07) is 139. The maximum atomic E-state index is 4.81. The van der Waals surface area contributed by atoms with Crippen molar-refractivity contribution in [3.63, 3.8) is 0 Å². The summed E-state index contributed by atoms with van der Waals surface area (Å²) in [5, 5.41) is 21.9. The molecular formula is C123H78N6S3. The molecule has 0 N–H and O–H groups in total. The monoisotopic (exact) mass is 1730 g/mol. The van der Waals surface area contributed by atoms with Crippen LogP contribution in [0, 0.1) is 20.8 Å². The molecule has 0 amide bonds. The summed E-state index contributed by atoms with van der Waals surface area (Å²) in [6.45, 7) is 6.59. The Morgan fingerprint density at radius 3 is 0.924 bits per heavy atom. The zero-order valence-electron chi connectivity index (χ0n) is 72.2. The predicted octanol–water partition coefficient (Wildman–Crippen LogP) is 34.8. The molecule has 0 fully saturated rings. The van der Waals surface area contributed by atoms with Crippen molar-refractivity contribution in [2.24, 2.45) is 0 Å². The van der Waals surface area contributed by atoms with Gasteiger partial charge in [0.05, 0.1) is 33.1 Å². The molecule has 0 bridgehead atoms. The van der Waals surface area contributed by atoms with E-state index in [1.807, 2.05) is 34.0 Å². The summed E-state index contributed by atoms with van der Waals surface area (Å²) in [4.78, 5) is 28.4. The van der Waals surface area contributed by atoms with Crippen molar-refractivity contribution in [1.82, 2.24) is 29.9 Å². The van der Waals surface area contributed by atoms with E-state index >= 15 is 0 Å². The Balaban J connectivity index is 0.000000109. The SMILES string of the molecule is Cc1ccc2sc3c(-c4ccccc4-c4ccc5c(c4)c4ccccc4c4nccnc54)cc(C)cc3c2c1.Cc1cccc2c1sc1c(-c3ccccc3-c3ccc4c(c3)c3ccccc3c3nccnc43)cccc12.c1ccc(-c2cc(-c3ccccc3)c3sc4c(-c5ccccc5-c5ccc6c(c5)c5ccccc5c5nccnc65)cc(-c5ccccc5)cc4c3c2)cc1. The van der Waals surface area contributed by atoms with Crippen molar-refractivity contribution in [2.45, 2.75) is 20.8 Å². The molecule has 0 aliphatic carbocycles. The Kier molecular flexibility index (Phi) is 19.1. The molecule has 21 aromatic carbocycles. The van der Waals surface area contributed by atoms with Crippen LogP contribution in [0.5, 0.6) is 0 Å². The van der Waals surface area contributed by atoms with E-state index in [1.54, 1.807) is 37.2 Å². The lowest BCUT2D eigenvalue weighted by Gasteiger charge is -2.15. The molecule has 9 heteroatoms. The van der Waals surface area contributed by atoms with Crippen molar-refractivity contribution in [2.75, 3.05) is 0 Å². The van der Waals surface area contributed by atoms with Crippen LogP contribution in [0.3, 0.4) is 0 Å². The molecule has 27 rings (SSSR count). The lowest BCUT2D eigenvalue weighted by molar-refractivity contribution is 1.31. The first-order valence-corrected chi connectivity index (χ1v) is 47.2. The molecule has 0 unspecified atom stereocenters. The van der Waals surface area contributed by atoms with Crippen LogP contribution in [0.25, 0.3) is 258 Å². The van der Waals surface area contributed by atoms with Gasteiger partial charge >= 0.3 is 0 Å². The molecule has 0 spiro atoms. The smallest absolute Gasteiger partial charge is 0.0971 e. The van der Waals surface area contributed by atoms with Gasteiger partial charge in [-0.1, -0.05) is 321 Å². The molecule has 618 valence electrons. The summed E-state index contributed by atoms with van der Waals surface area (Å²) >= 11 is 5.71. The molecule has 0 aliphatic heterocycles. The Bertz CT molecular complexity index is 9300. The maximum Gasteiger partial charge on any atom is 0.0971 e. The third kappa shape index (κ3) is 13.2. The summed E-state index contributed by atoms with van der Waals surface area (Å²) in [7, 11) is 0. The van der Waals surface area contributed by atoms with Gasteiger partial charge in [0, 0.05) is 152 Å². The fourth-order valence-corrected chi connectivity index (χ4v) is 24.2. The lowest BCUT2D eigenvalue weighted by Crippen LogP contribution is -1.90. The van der Waals surface area contributed by atoms with E-state index in [9.17, 15) is 0 Å². The van der Waals surface area contributed by atoms with Crippen LogP contribution < -0.4 is 0 Å². The largest absolute Gasteiger partial charge is 0.252 e. The summed E-state index contributed by atoms with van der Waals surface area (Å²) in [6.07, 6.45) is 10.7. The van der Waals surface area contributed by atoms with Gasteiger partial charge in [0.2, 0.25) is 0 Å². The van der Waals surface area contributed by atoms with Crippen LogP contribution in [0.15, 0.2) is 419 Å². The maximum absolute atomic E-state index is 4.81. The van der Waals surface area contributed by atoms with E-state index in [0.29, 0.717) is 0 Å². The van der Waals surface area contributed by atoms with Crippen molar-refractivity contribution in [3.05, 3.63) is 436 Å². The number of hydrogen-bond donors (Lipinski definition) is 0. The van der Waals surface area contributed by atoms with Gasteiger partial charge in [-0.3, -0.25) is 29.9 Å². The minimum atomic E-state index is 0.933. The number of benzene rings is 21. The average Bonchev–Trinajstić information content (AvgIpc) is 1.50. The van der Waals surface area contributed by atoms with E-state index in [-0.39, 0.29) is 0 Å². The van der Waals surface area contributed by atoms with E-state index in [0.717, 1.165) is 65.4 Å². The van der Waals surface area contributed by atoms with Crippen LogP contribution >= 0.6 is 34.0 Å². The first-order chi connectivity index (χ1) is 65.2. The zero-order valence-corrected chi connectivity index (χ0v) is 74.7. The van der Waals surface area contributed by atoms with Crippen LogP contribution in [-0.4, -0.2) is 29.9 Å². The second-order valence-corrected chi connectivity index (χ2v) is 37.4. The predicted molar refractivity (Wildman–Crippen MR) is 565 cm³/mol. The molecule has 0 radical (unpaired) electrons. The number of aromatic nitrogens is 6. The number of fused-ring (bicyclic) bond motifs is 27. The minimum Gasteiger partial charge on any atom is -0.252 e. The van der Waals surface area contributed by atoms with Crippen LogP contribution in [0.2, 0.25) is 0 Å². The highest BCUT2D eigenvalue weighted by Gasteiger charge is 2.25. The summed E-state index contributed by atoms with van der Waals surface area (Å²) in [5.41, 5.74) is 31.7. The quantitative estimate of drug-likeness (QED) is 0.134. The van der Waals surface area contributed by atoms with Crippen LogP contribution in [-0.2, 0) is 0 Å². The molecule has 0 saturated heterocycles. The van der Waals surface area contributed by atoms with E-state index < -0.39 is 0 Å². The van der Waals surface area contributed by atoms with Gasteiger partial charge in [0.15, 0.2) is 0 Å². The zero-order chi connectivity index (χ0) is 87.6. The van der Waals surface area contributed by atoms with E-state index in [4.69, 9.17) is 24.9 Å². The summed E-state index contributed by atoms with van der Waals surface area (Å²) < 4.78 is 7.99. The summed E-state index contributed by atoms with van der Waals surface area (Å²) in [5.74, 6) is 0. The van der Waals surface area contributed by atoms with Crippen LogP contribution in [0.1, 0.15) is 16.7 Å². The topological polar surface area (TPSA) is 77.3 Å². The van der Waals surface area contributed by atoms with Gasteiger partial charge in [-0.15, -0.1) is 34.0 Å². The molecule has 6 aromatic heterocycles. The third-order valence-corrected chi connectivity index (χ3v) is 30.4. The van der Waals surface area contributed by atoms with E-state index in [1.165, 1.54) is 210 Å².